The molecule has 0 bridgehead atoms. The standard InChI is InChI=1S/C48H36N4/c1-2-15-34(16-11-12-29-51-45-25-7-3-21-39(45)40-22-4-8-26-46(40)51)43-30-36(32-49)37(33-50)31-44(43)35-17-13-19-38(20-14-18-35)52-47-27-9-5-23-41(47)42-24-6-10-28-48(42)52/h2-11,13,15-18,20-28,30-31H,1,12,14,19,29H2/b16-11-,17-13?,34-15+,35-18?,38-20+. The van der Waals surface area contributed by atoms with Gasteiger partial charge in [0.15, 0.2) is 0 Å². The van der Waals surface area contributed by atoms with E-state index in [0.29, 0.717) is 17.5 Å². The van der Waals surface area contributed by atoms with Crippen molar-refractivity contribution in [2.45, 2.75) is 25.8 Å². The Morgan fingerprint density at radius 3 is 1.87 bits per heavy atom. The van der Waals surface area contributed by atoms with Gasteiger partial charge >= 0.3 is 0 Å². The van der Waals surface area contributed by atoms with Crippen LogP contribution in [0.2, 0.25) is 0 Å². The number of aromatic nitrogens is 2. The summed E-state index contributed by atoms with van der Waals surface area (Å²) in [5.41, 5.74) is 10.6. The zero-order valence-corrected chi connectivity index (χ0v) is 28.8. The third kappa shape index (κ3) is 5.77. The van der Waals surface area contributed by atoms with Crippen LogP contribution in [0.4, 0.5) is 0 Å². The van der Waals surface area contributed by atoms with Gasteiger partial charge in [-0.25, -0.2) is 0 Å². The number of benzene rings is 5. The van der Waals surface area contributed by atoms with E-state index in [1.807, 2.05) is 18.2 Å². The first-order chi connectivity index (χ1) is 25.7. The van der Waals surface area contributed by atoms with E-state index in [-0.39, 0.29) is 0 Å². The number of allylic oxidation sites excluding steroid dienone is 11. The van der Waals surface area contributed by atoms with Crippen LogP contribution in [0, 0.1) is 22.7 Å². The van der Waals surface area contributed by atoms with Gasteiger partial charge in [-0.1, -0.05) is 128 Å². The molecule has 1 aliphatic rings. The lowest BCUT2D eigenvalue weighted by Gasteiger charge is -2.16. The Morgan fingerprint density at radius 2 is 1.27 bits per heavy atom. The second-order valence-electron chi connectivity index (χ2n) is 13.0. The summed E-state index contributed by atoms with van der Waals surface area (Å²) in [6, 6.07) is 42.5. The Labute approximate surface area is 303 Å². The molecule has 0 amide bonds. The average Bonchev–Trinajstić information content (AvgIpc) is 3.68. The number of fused-ring (bicyclic) bond motifs is 6. The van der Waals surface area contributed by atoms with Crippen molar-refractivity contribution >= 4 is 60.5 Å². The predicted octanol–water partition coefficient (Wildman–Crippen LogP) is 12.1. The van der Waals surface area contributed by atoms with Crippen LogP contribution in [0.1, 0.15) is 41.5 Å². The molecule has 7 aromatic rings. The molecule has 0 atom stereocenters. The Bertz CT molecular complexity index is 2670. The summed E-state index contributed by atoms with van der Waals surface area (Å²) >= 11 is 0. The summed E-state index contributed by atoms with van der Waals surface area (Å²) in [5.74, 6) is 0. The molecule has 0 saturated carbocycles. The summed E-state index contributed by atoms with van der Waals surface area (Å²) in [6.45, 7) is 4.84. The van der Waals surface area contributed by atoms with Gasteiger partial charge in [0.2, 0.25) is 0 Å². The molecule has 0 N–H and O–H groups in total. The van der Waals surface area contributed by atoms with Gasteiger partial charge in [-0.3, -0.25) is 0 Å². The Hall–Kier alpha value is -6.88. The predicted molar refractivity (Wildman–Crippen MR) is 217 cm³/mol. The number of aryl methyl sites for hydroxylation is 1. The highest BCUT2D eigenvalue weighted by Gasteiger charge is 2.17. The second kappa shape index (κ2) is 14.2. The molecule has 1 aliphatic carbocycles. The zero-order chi connectivity index (χ0) is 35.4. The molecule has 0 spiro atoms. The number of rotatable bonds is 8. The van der Waals surface area contributed by atoms with Gasteiger partial charge in [-0.15, -0.1) is 0 Å². The normalized spacial score (nSPS) is 14.6. The molecule has 4 heteroatoms. The topological polar surface area (TPSA) is 57.4 Å². The second-order valence-corrected chi connectivity index (χ2v) is 13.0. The monoisotopic (exact) mass is 668 g/mol. The van der Waals surface area contributed by atoms with Crippen molar-refractivity contribution in [3.8, 4) is 12.1 Å². The van der Waals surface area contributed by atoms with E-state index in [2.05, 4.69) is 161 Å². The first kappa shape index (κ1) is 32.3. The number of nitrogens with zero attached hydrogens (tertiary/aromatic N) is 4. The maximum atomic E-state index is 10.0. The first-order valence-corrected chi connectivity index (χ1v) is 17.7. The van der Waals surface area contributed by atoms with E-state index in [1.54, 1.807) is 6.08 Å². The van der Waals surface area contributed by atoms with Crippen LogP contribution in [-0.4, -0.2) is 9.13 Å². The summed E-state index contributed by atoms with van der Waals surface area (Å²) in [6.07, 6.45) is 19.2. The van der Waals surface area contributed by atoms with Crippen LogP contribution in [0.15, 0.2) is 164 Å². The van der Waals surface area contributed by atoms with Gasteiger partial charge in [0, 0.05) is 51.2 Å². The molecule has 0 saturated heterocycles. The van der Waals surface area contributed by atoms with Crippen LogP contribution >= 0.6 is 0 Å². The van der Waals surface area contributed by atoms with E-state index < -0.39 is 0 Å². The van der Waals surface area contributed by atoms with Crippen molar-refractivity contribution in [2.24, 2.45) is 0 Å². The van der Waals surface area contributed by atoms with E-state index >= 15 is 0 Å². The van der Waals surface area contributed by atoms with Crippen molar-refractivity contribution in [3.63, 3.8) is 0 Å². The maximum absolute atomic E-state index is 10.0. The number of para-hydroxylation sites is 4. The van der Waals surface area contributed by atoms with Crippen molar-refractivity contribution in [1.29, 1.82) is 10.5 Å². The van der Waals surface area contributed by atoms with E-state index in [4.69, 9.17) is 0 Å². The SMILES string of the molecule is C=C/C=C(\C=C/CCn1c2ccccc2c2ccccc21)c1cc(C#N)c(C#N)cc1C1=CC/C=C(/n2c3ccccc3c3ccccc32)CC=C1. The van der Waals surface area contributed by atoms with Gasteiger partial charge in [-0.05, 0) is 71.5 Å². The molecule has 4 nitrogen and oxygen atoms in total. The minimum atomic E-state index is 0.360. The van der Waals surface area contributed by atoms with Crippen LogP contribution in [0.25, 0.3) is 60.5 Å². The van der Waals surface area contributed by atoms with E-state index in [1.165, 1.54) is 49.3 Å². The van der Waals surface area contributed by atoms with E-state index in [9.17, 15) is 10.5 Å². The number of nitriles is 2. The molecule has 248 valence electrons. The molecule has 0 aliphatic heterocycles. The summed E-state index contributed by atoms with van der Waals surface area (Å²) < 4.78 is 4.77. The number of hydrogen-bond donors (Lipinski definition) is 0. The van der Waals surface area contributed by atoms with Gasteiger partial charge in [0.1, 0.15) is 12.1 Å². The smallest absolute Gasteiger partial charge is 0.101 e. The molecular formula is C48H36N4. The zero-order valence-electron chi connectivity index (χ0n) is 28.8. The van der Waals surface area contributed by atoms with Crippen LogP contribution < -0.4 is 0 Å². The highest BCUT2D eigenvalue weighted by molar-refractivity contribution is 6.10. The lowest BCUT2D eigenvalue weighted by Crippen LogP contribution is -1.99. The Balaban J connectivity index is 1.13. The summed E-state index contributed by atoms with van der Waals surface area (Å²) in [5, 5.41) is 25.1. The summed E-state index contributed by atoms with van der Waals surface area (Å²) in [4.78, 5) is 0. The molecule has 0 radical (unpaired) electrons. The molecule has 0 unspecified atom stereocenters. The van der Waals surface area contributed by atoms with Crippen molar-refractivity contribution in [3.05, 3.63) is 187 Å². The number of hydrogen-bond acceptors (Lipinski definition) is 2. The molecule has 0 fully saturated rings. The summed E-state index contributed by atoms with van der Waals surface area (Å²) in [7, 11) is 0. The first-order valence-electron chi connectivity index (χ1n) is 17.7. The van der Waals surface area contributed by atoms with Crippen LogP contribution in [-0.2, 0) is 6.54 Å². The average molecular weight is 669 g/mol. The fourth-order valence-electron chi connectivity index (χ4n) is 7.68. The fourth-order valence-corrected chi connectivity index (χ4v) is 7.68. The molecule has 5 aromatic carbocycles. The molecular weight excluding hydrogens is 633 g/mol. The molecule has 8 rings (SSSR count). The molecule has 2 aromatic heterocycles. The third-order valence-corrected chi connectivity index (χ3v) is 10.00. The Morgan fingerprint density at radius 1 is 0.712 bits per heavy atom. The largest absolute Gasteiger partial charge is 0.340 e. The quantitative estimate of drug-likeness (QED) is 0.151. The van der Waals surface area contributed by atoms with Crippen molar-refractivity contribution in [1.82, 2.24) is 9.13 Å². The Kier molecular flexibility index (Phi) is 8.80. The van der Waals surface area contributed by atoms with E-state index in [0.717, 1.165) is 41.7 Å². The minimum Gasteiger partial charge on any atom is -0.340 e. The van der Waals surface area contributed by atoms with Gasteiger partial charge < -0.3 is 9.13 Å². The fraction of sp³-hybridized carbons (Fsp3) is 0.0833. The lowest BCUT2D eigenvalue weighted by molar-refractivity contribution is 0.762. The third-order valence-electron chi connectivity index (χ3n) is 10.00. The highest BCUT2D eigenvalue weighted by Crippen LogP contribution is 2.36. The van der Waals surface area contributed by atoms with Gasteiger partial charge in [0.05, 0.1) is 22.2 Å². The highest BCUT2D eigenvalue weighted by atomic mass is 15.0. The van der Waals surface area contributed by atoms with Crippen LogP contribution in [0.3, 0.4) is 0 Å². The lowest BCUT2D eigenvalue weighted by atomic mass is 9.88. The molecule has 52 heavy (non-hydrogen) atoms. The van der Waals surface area contributed by atoms with Gasteiger partial charge in [-0.2, -0.15) is 10.5 Å². The van der Waals surface area contributed by atoms with Crippen LogP contribution in [0.5, 0.6) is 0 Å². The maximum Gasteiger partial charge on any atom is 0.101 e. The van der Waals surface area contributed by atoms with Crippen molar-refractivity contribution in [2.75, 3.05) is 0 Å². The van der Waals surface area contributed by atoms with Gasteiger partial charge in [0.25, 0.3) is 0 Å². The van der Waals surface area contributed by atoms with Crippen molar-refractivity contribution < 1.29 is 0 Å². The minimum absolute atomic E-state index is 0.360. The molecule has 2 heterocycles.